The van der Waals surface area contributed by atoms with E-state index < -0.39 is 0 Å². The molecule has 5 nitrogen and oxygen atoms in total. The van der Waals surface area contributed by atoms with E-state index in [1.807, 2.05) is 57.2 Å². The lowest BCUT2D eigenvalue weighted by Gasteiger charge is -2.13. The van der Waals surface area contributed by atoms with E-state index in [1.165, 1.54) is 11.8 Å². The first-order valence-electron chi connectivity index (χ1n) is 9.95. The van der Waals surface area contributed by atoms with Crippen LogP contribution in [-0.2, 0) is 4.79 Å². The Hall–Kier alpha value is -3.25. The van der Waals surface area contributed by atoms with E-state index in [9.17, 15) is 9.59 Å². The standard InChI is InChI=1S/C25H26N2O3S/c1-16-13-17(2)15-21(14-16)27-24(28)18(3)31-23-11-7-20(8-12-23)26-25(29)19-5-9-22(30-4)10-6-19/h5-15,18H,1-4H3,(H,26,29)(H,27,28). The molecule has 0 radical (unpaired) electrons. The van der Waals surface area contributed by atoms with Crippen LogP contribution in [0.5, 0.6) is 5.75 Å². The Kier molecular flexibility index (Phi) is 7.36. The molecule has 0 saturated carbocycles. The van der Waals surface area contributed by atoms with E-state index in [1.54, 1.807) is 31.4 Å². The van der Waals surface area contributed by atoms with Crippen LogP contribution in [0.25, 0.3) is 0 Å². The smallest absolute Gasteiger partial charge is 0.255 e. The van der Waals surface area contributed by atoms with Crippen LogP contribution < -0.4 is 15.4 Å². The molecular formula is C25H26N2O3S. The summed E-state index contributed by atoms with van der Waals surface area (Å²) in [6.45, 7) is 5.90. The number of carbonyl (C=O) groups is 2. The van der Waals surface area contributed by atoms with Gasteiger partial charge in [0.15, 0.2) is 0 Å². The van der Waals surface area contributed by atoms with Gasteiger partial charge in [-0.15, -0.1) is 11.8 Å². The normalized spacial score (nSPS) is 11.5. The minimum Gasteiger partial charge on any atom is -0.497 e. The Morgan fingerprint density at radius 3 is 2.03 bits per heavy atom. The van der Waals surface area contributed by atoms with E-state index in [-0.39, 0.29) is 17.1 Å². The lowest BCUT2D eigenvalue weighted by atomic mass is 10.1. The van der Waals surface area contributed by atoms with Crippen LogP contribution in [-0.4, -0.2) is 24.2 Å². The van der Waals surface area contributed by atoms with Crippen LogP contribution in [0.4, 0.5) is 11.4 Å². The predicted octanol–water partition coefficient (Wildman–Crippen LogP) is 5.68. The number of carbonyl (C=O) groups excluding carboxylic acids is 2. The molecule has 160 valence electrons. The fourth-order valence-electron chi connectivity index (χ4n) is 3.11. The van der Waals surface area contributed by atoms with Gasteiger partial charge in [0, 0.05) is 21.8 Å². The Morgan fingerprint density at radius 1 is 0.839 bits per heavy atom. The van der Waals surface area contributed by atoms with E-state index in [0.29, 0.717) is 17.0 Å². The molecule has 1 unspecified atom stereocenters. The topological polar surface area (TPSA) is 67.4 Å². The molecular weight excluding hydrogens is 408 g/mol. The number of hydrogen-bond acceptors (Lipinski definition) is 4. The summed E-state index contributed by atoms with van der Waals surface area (Å²) >= 11 is 1.47. The maximum atomic E-state index is 12.6. The summed E-state index contributed by atoms with van der Waals surface area (Å²) in [7, 11) is 1.59. The molecule has 31 heavy (non-hydrogen) atoms. The lowest BCUT2D eigenvalue weighted by Crippen LogP contribution is -2.22. The highest BCUT2D eigenvalue weighted by atomic mass is 32.2. The molecule has 1 atom stereocenters. The first-order chi connectivity index (χ1) is 14.8. The molecule has 6 heteroatoms. The van der Waals surface area contributed by atoms with Crippen molar-refractivity contribution in [2.24, 2.45) is 0 Å². The van der Waals surface area contributed by atoms with E-state index in [0.717, 1.165) is 21.7 Å². The highest BCUT2D eigenvalue weighted by Gasteiger charge is 2.15. The molecule has 0 heterocycles. The summed E-state index contributed by atoms with van der Waals surface area (Å²) in [5.41, 5.74) is 4.28. The highest BCUT2D eigenvalue weighted by Crippen LogP contribution is 2.26. The zero-order chi connectivity index (χ0) is 22.4. The number of hydrogen-bond donors (Lipinski definition) is 2. The van der Waals surface area contributed by atoms with Crippen molar-refractivity contribution in [3.8, 4) is 5.75 Å². The van der Waals surface area contributed by atoms with Gasteiger partial charge in [-0.25, -0.2) is 0 Å². The number of ether oxygens (including phenoxy) is 1. The van der Waals surface area contributed by atoms with Gasteiger partial charge in [-0.1, -0.05) is 6.07 Å². The van der Waals surface area contributed by atoms with Crippen molar-refractivity contribution in [2.75, 3.05) is 17.7 Å². The van der Waals surface area contributed by atoms with E-state index in [2.05, 4.69) is 16.7 Å². The van der Waals surface area contributed by atoms with Gasteiger partial charge in [0.25, 0.3) is 5.91 Å². The molecule has 0 aliphatic carbocycles. The number of thioether (sulfide) groups is 1. The SMILES string of the molecule is COc1ccc(C(=O)Nc2ccc(SC(C)C(=O)Nc3cc(C)cc(C)c3)cc2)cc1. The highest BCUT2D eigenvalue weighted by molar-refractivity contribution is 8.00. The molecule has 0 bridgehead atoms. The predicted molar refractivity (Wildman–Crippen MR) is 127 cm³/mol. The van der Waals surface area contributed by atoms with Crippen LogP contribution in [0.1, 0.15) is 28.4 Å². The van der Waals surface area contributed by atoms with Crippen molar-refractivity contribution in [1.82, 2.24) is 0 Å². The van der Waals surface area contributed by atoms with Crippen molar-refractivity contribution in [2.45, 2.75) is 30.9 Å². The minimum absolute atomic E-state index is 0.0492. The largest absolute Gasteiger partial charge is 0.497 e. The molecule has 0 saturated heterocycles. The fraction of sp³-hybridized carbons (Fsp3) is 0.200. The van der Waals surface area contributed by atoms with Crippen molar-refractivity contribution in [3.63, 3.8) is 0 Å². The van der Waals surface area contributed by atoms with Crippen LogP contribution in [0.15, 0.2) is 71.6 Å². The first-order valence-corrected chi connectivity index (χ1v) is 10.8. The number of rotatable bonds is 7. The lowest BCUT2D eigenvalue weighted by molar-refractivity contribution is -0.115. The second-order valence-corrected chi connectivity index (χ2v) is 8.75. The maximum Gasteiger partial charge on any atom is 0.255 e. The maximum absolute atomic E-state index is 12.6. The van der Waals surface area contributed by atoms with Crippen molar-refractivity contribution in [3.05, 3.63) is 83.4 Å². The van der Waals surface area contributed by atoms with Gasteiger partial charge in [0.05, 0.1) is 12.4 Å². The third kappa shape index (κ3) is 6.36. The minimum atomic E-state index is -0.263. The zero-order valence-corrected chi connectivity index (χ0v) is 18.9. The van der Waals surface area contributed by atoms with Crippen LogP contribution >= 0.6 is 11.8 Å². The second-order valence-electron chi connectivity index (χ2n) is 7.33. The van der Waals surface area contributed by atoms with Crippen molar-refractivity contribution >= 4 is 35.0 Å². The van der Waals surface area contributed by atoms with E-state index in [4.69, 9.17) is 4.74 Å². The summed E-state index contributed by atoms with van der Waals surface area (Å²) in [4.78, 5) is 25.9. The first kappa shape index (κ1) is 22.4. The van der Waals surface area contributed by atoms with Crippen LogP contribution in [0.3, 0.4) is 0 Å². The van der Waals surface area contributed by atoms with E-state index >= 15 is 0 Å². The number of methoxy groups -OCH3 is 1. The summed E-state index contributed by atoms with van der Waals surface area (Å²) in [6.07, 6.45) is 0. The van der Waals surface area contributed by atoms with Crippen molar-refractivity contribution in [1.29, 1.82) is 0 Å². The molecule has 3 aromatic carbocycles. The molecule has 2 N–H and O–H groups in total. The van der Waals surface area contributed by atoms with Gasteiger partial charge >= 0.3 is 0 Å². The third-order valence-corrected chi connectivity index (χ3v) is 5.75. The quantitative estimate of drug-likeness (QED) is 0.469. The van der Waals surface area contributed by atoms with Gasteiger partial charge in [-0.2, -0.15) is 0 Å². The molecule has 0 aromatic heterocycles. The number of aryl methyl sites for hydroxylation is 2. The number of nitrogens with one attached hydrogen (secondary N) is 2. The Balaban J connectivity index is 1.56. The van der Waals surface area contributed by atoms with Crippen LogP contribution in [0, 0.1) is 13.8 Å². The number of anilines is 2. The summed E-state index contributed by atoms with van der Waals surface area (Å²) in [6, 6.07) is 20.4. The third-order valence-electron chi connectivity index (χ3n) is 4.64. The second kappa shape index (κ2) is 10.2. The summed E-state index contributed by atoms with van der Waals surface area (Å²) in [5.74, 6) is 0.463. The summed E-state index contributed by atoms with van der Waals surface area (Å²) < 4.78 is 5.11. The average Bonchev–Trinajstić information content (AvgIpc) is 2.74. The van der Waals surface area contributed by atoms with Gasteiger partial charge in [-0.3, -0.25) is 9.59 Å². The number of amides is 2. The molecule has 3 aromatic rings. The fourth-order valence-corrected chi connectivity index (χ4v) is 3.98. The van der Waals surface area contributed by atoms with Gasteiger partial charge in [0.2, 0.25) is 5.91 Å². The Bertz CT molecular complexity index is 1040. The molecule has 3 rings (SSSR count). The molecule has 2 amide bonds. The monoisotopic (exact) mass is 434 g/mol. The van der Waals surface area contributed by atoms with Gasteiger partial charge in [0.1, 0.15) is 5.75 Å². The van der Waals surface area contributed by atoms with Crippen LogP contribution in [0.2, 0.25) is 0 Å². The number of benzene rings is 3. The molecule has 0 spiro atoms. The molecule has 0 aliphatic heterocycles. The Labute approximate surface area is 187 Å². The molecule has 0 aliphatic rings. The summed E-state index contributed by atoms with van der Waals surface area (Å²) in [5, 5.41) is 5.59. The van der Waals surface area contributed by atoms with Crippen molar-refractivity contribution < 1.29 is 14.3 Å². The van der Waals surface area contributed by atoms with Gasteiger partial charge < -0.3 is 15.4 Å². The average molecular weight is 435 g/mol. The zero-order valence-electron chi connectivity index (χ0n) is 18.1. The molecule has 0 fully saturated rings. The Morgan fingerprint density at radius 2 is 1.45 bits per heavy atom. The van der Waals surface area contributed by atoms with Gasteiger partial charge in [-0.05, 0) is 92.6 Å².